The standard InChI is InChI=1S/C17H23NO2S/c1-21-16-9-5-3-7-13(16)11-18-14-8-4-2-6-12(14)10-15(18)17(19)20/h3,5,7,9,12,14-15H,2,4,6,8,10-11H2,1H3,(H,19,20). The lowest BCUT2D eigenvalue weighted by atomic mass is 9.84. The van der Waals surface area contributed by atoms with Gasteiger partial charge in [-0.1, -0.05) is 31.0 Å². The summed E-state index contributed by atoms with van der Waals surface area (Å²) in [5.74, 6) is -0.0627. The van der Waals surface area contributed by atoms with Gasteiger partial charge in [0.05, 0.1) is 0 Å². The van der Waals surface area contributed by atoms with Crippen LogP contribution in [0.5, 0.6) is 0 Å². The van der Waals surface area contributed by atoms with Crippen LogP contribution in [0, 0.1) is 5.92 Å². The highest BCUT2D eigenvalue weighted by Crippen LogP contribution is 2.41. The number of hydrogen-bond acceptors (Lipinski definition) is 3. The van der Waals surface area contributed by atoms with Gasteiger partial charge in [-0.15, -0.1) is 11.8 Å². The zero-order valence-corrected chi connectivity index (χ0v) is 13.3. The second-order valence-corrected chi connectivity index (χ2v) is 7.03. The van der Waals surface area contributed by atoms with E-state index in [2.05, 4.69) is 35.4 Å². The molecule has 0 bridgehead atoms. The summed E-state index contributed by atoms with van der Waals surface area (Å²) in [5, 5.41) is 9.59. The van der Waals surface area contributed by atoms with Crippen molar-refractivity contribution >= 4 is 17.7 Å². The quantitative estimate of drug-likeness (QED) is 0.863. The zero-order valence-electron chi connectivity index (χ0n) is 12.5. The first-order valence-corrected chi connectivity index (χ1v) is 9.03. The van der Waals surface area contributed by atoms with Crippen LogP contribution in [0.2, 0.25) is 0 Å². The molecule has 0 amide bonds. The third kappa shape index (κ3) is 2.97. The molecule has 1 saturated heterocycles. The minimum atomic E-state index is -0.647. The van der Waals surface area contributed by atoms with Gasteiger partial charge in [-0.3, -0.25) is 9.69 Å². The van der Waals surface area contributed by atoms with Crippen molar-refractivity contribution in [2.75, 3.05) is 6.26 Å². The molecule has 1 heterocycles. The molecule has 4 heteroatoms. The summed E-state index contributed by atoms with van der Waals surface area (Å²) in [4.78, 5) is 15.2. The Kier molecular flexibility index (Phi) is 4.55. The summed E-state index contributed by atoms with van der Waals surface area (Å²) in [6.45, 7) is 0.773. The highest BCUT2D eigenvalue weighted by Gasteiger charge is 2.45. The largest absolute Gasteiger partial charge is 0.480 e. The second-order valence-electron chi connectivity index (χ2n) is 6.19. The lowest BCUT2D eigenvalue weighted by molar-refractivity contribution is -0.142. The molecule has 21 heavy (non-hydrogen) atoms. The molecule has 114 valence electrons. The van der Waals surface area contributed by atoms with E-state index in [-0.39, 0.29) is 6.04 Å². The molecule has 2 fully saturated rings. The first-order chi connectivity index (χ1) is 10.2. The molecular weight excluding hydrogens is 282 g/mol. The number of carboxylic acid groups (broad SMARTS) is 1. The van der Waals surface area contributed by atoms with Gasteiger partial charge >= 0.3 is 5.97 Å². The van der Waals surface area contributed by atoms with Crippen LogP contribution in [0.25, 0.3) is 0 Å². The molecule has 1 N–H and O–H groups in total. The van der Waals surface area contributed by atoms with Crippen molar-refractivity contribution in [3.63, 3.8) is 0 Å². The van der Waals surface area contributed by atoms with E-state index < -0.39 is 5.97 Å². The summed E-state index contributed by atoms with van der Waals surface area (Å²) < 4.78 is 0. The van der Waals surface area contributed by atoms with Crippen molar-refractivity contribution < 1.29 is 9.90 Å². The normalized spacial score (nSPS) is 29.3. The molecule has 3 rings (SSSR count). The molecule has 1 aromatic carbocycles. The van der Waals surface area contributed by atoms with Crippen LogP contribution in [0.15, 0.2) is 29.2 Å². The van der Waals surface area contributed by atoms with Crippen molar-refractivity contribution in [2.24, 2.45) is 5.92 Å². The number of thioether (sulfide) groups is 1. The number of carbonyl (C=O) groups is 1. The Labute approximate surface area is 130 Å². The maximum absolute atomic E-state index is 11.7. The molecule has 0 aromatic heterocycles. The fourth-order valence-corrected chi connectivity index (χ4v) is 4.66. The van der Waals surface area contributed by atoms with Gasteiger partial charge in [0.25, 0.3) is 0 Å². The number of carboxylic acids is 1. The van der Waals surface area contributed by atoms with Crippen LogP contribution < -0.4 is 0 Å². The number of hydrogen-bond donors (Lipinski definition) is 1. The first kappa shape index (κ1) is 14.9. The Balaban J connectivity index is 1.85. The SMILES string of the molecule is CSc1ccccc1CN1C(C(=O)O)CC2CCCCC21. The highest BCUT2D eigenvalue weighted by molar-refractivity contribution is 7.98. The molecule has 1 aliphatic carbocycles. The van der Waals surface area contributed by atoms with Crippen molar-refractivity contribution in [1.29, 1.82) is 0 Å². The van der Waals surface area contributed by atoms with Crippen molar-refractivity contribution in [3.05, 3.63) is 29.8 Å². The summed E-state index contributed by atoms with van der Waals surface area (Å²) in [7, 11) is 0. The van der Waals surface area contributed by atoms with Crippen molar-refractivity contribution in [2.45, 2.75) is 55.6 Å². The van der Waals surface area contributed by atoms with Crippen LogP contribution in [0.1, 0.15) is 37.7 Å². The highest BCUT2D eigenvalue weighted by atomic mass is 32.2. The molecular formula is C17H23NO2S. The van der Waals surface area contributed by atoms with Gasteiger partial charge in [-0.05, 0) is 43.1 Å². The van der Waals surface area contributed by atoms with E-state index in [1.165, 1.54) is 29.7 Å². The smallest absolute Gasteiger partial charge is 0.320 e. The molecule has 1 aromatic rings. The van der Waals surface area contributed by atoms with Gasteiger partial charge < -0.3 is 5.11 Å². The molecule has 0 radical (unpaired) electrons. The maximum Gasteiger partial charge on any atom is 0.320 e. The van der Waals surface area contributed by atoms with Gasteiger partial charge in [0.2, 0.25) is 0 Å². The average Bonchev–Trinajstić information content (AvgIpc) is 2.87. The first-order valence-electron chi connectivity index (χ1n) is 7.81. The Morgan fingerprint density at radius 2 is 2.10 bits per heavy atom. The summed E-state index contributed by atoms with van der Waals surface area (Å²) in [5.41, 5.74) is 1.27. The number of fused-ring (bicyclic) bond motifs is 1. The van der Waals surface area contributed by atoms with Gasteiger partial charge in [0, 0.05) is 17.5 Å². The Bertz CT molecular complexity index is 519. The molecule has 3 unspecified atom stereocenters. The summed E-state index contributed by atoms with van der Waals surface area (Å²) in [6, 6.07) is 8.55. The minimum Gasteiger partial charge on any atom is -0.480 e. The van der Waals surface area contributed by atoms with Crippen molar-refractivity contribution in [3.8, 4) is 0 Å². The van der Waals surface area contributed by atoms with E-state index in [4.69, 9.17) is 0 Å². The molecule has 3 atom stereocenters. The fraction of sp³-hybridized carbons (Fsp3) is 0.588. The number of aliphatic carboxylic acids is 1. The van der Waals surface area contributed by atoms with Crippen LogP contribution in [0.4, 0.5) is 0 Å². The third-order valence-corrected chi connectivity index (χ3v) is 5.89. The maximum atomic E-state index is 11.7. The van der Waals surface area contributed by atoms with Crippen LogP contribution in [0.3, 0.4) is 0 Å². The van der Waals surface area contributed by atoms with E-state index in [0.29, 0.717) is 12.0 Å². The predicted octanol–water partition coefficient (Wildman–Crippen LogP) is 3.63. The third-order valence-electron chi connectivity index (χ3n) is 5.05. The second kappa shape index (κ2) is 6.41. The Morgan fingerprint density at radius 3 is 2.86 bits per heavy atom. The Morgan fingerprint density at radius 1 is 1.33 bits per heavy atom. The Hall–Kier alpha value is -1.00. The lowest BCUT2D eigenvalue weighted by Gasteiger charge is -2.33. The zero-order chi connectivity index (χ0) is 14.8. The van der Waals surface area contributed by atoms with E-state index >= 15 is 0 Å². The number of nitrogens with zero attached hydrogens (tertiary/aromatic N) is 1. The predicted molar refractivity (Wildman–Crippen MR) is 85.6 cm³/mol. The number of rotatable bonds is 4. The van der Waals surface area contributed by atoms with Crippen molar-refractivity contribution in [1.82, 2.24) is 4.90 Å². The van der Waals surface area contributed by atoms with Gasteiger partial charge in [0.1, 0.15) is 6.04 Å². The molecule has 1 aliphatic heterocycles. The van der Waals surface area contributed by atoms with Crippen LogP contribution >= 0.6 is 11.8 Å². The van der Waals surface area contributed by atoms with E-state index in [1.807, 2.05) is 0 Å². The monoisotopic (exact) mass is 305 g/mol. The van der Waals surface area contributed by atoms with Gasteiger partial charge in [0.15, 0.2) is 0 Å². The van der Waals surface area contributed by atoms with Gasteiger partial charge in [-0.2, -0.15) is 0 Å². The van der Waals surface area contributed by atoms with E-state index in [1.54, 1.807) is 11.8 Å². The minimum absolute atomic E-state index is 0.298. The van der Waals surface area contributed by atoms with Crippen LogP contribution in [-0.2, 0) is 11.3 Å². The number of benzene rings is 1. The summed E-state index contributed by atoms with van der Waals surface area (Å²) >= 11 is 1.74. The van der Waals surface area contributed by atoms with Crippen LogP contribution in [-0.4, -0.2) is 34.3 Å². The average molecular weight is 305 g/mol. The summed E-state index contributed by atoms with van der Waals surface area (Å²) in [6.07, 6.45) is 7.80. The van der Waals surface area contributed by atoms with Gasteiger partial charge in [-0.25, -0.2) is 0 Å². The number of likely N-dealkylation sites (tertiary alicyclic amines) is 1. The van der Waals surface area contributed by atoms with E-state index in [0.717, 1.165) is 19.4 Å². The lowest BCUT2D eigenvalue weighted by Crippen LogP contribution is -2.41. The topological polar surface area (TPSA) is 40.5 Å². The molecule has 1 saturated carbocycles. The fourth-order valence-electron chi connectivity index (χ4n) is 4.05. The molecule has 2 aliphatic rings. The van der Waals surface area contributed by atoms with E-state index in [9.17, 15) is 9.90 Å². The molecule has 3 nitrogen and oxygen atoms in total. The molecule has 0 spiro atoms.